The van der Waals surface area contributed by atoms with Gasteiger partial charge in [-0.15, -0.1) is 6.58 Å². The molecule has 0 fully saturated rings. The van der Waals surface area contributed by atoms with Crippen LogP contribution in [0.2, 0.25) is 5.02 Å². The first-order valence-electron chi connectivity index (χ1n) is 3.83. The number of aliphatic hydroxyl groups excluding tert-OH is 1. The summed E-state index contributed by atoms with van der Waals surface area (Å²) < 4.78 is 5.00. The summed E-state index contributed by atoms with van der Waals surface area (Å²) in [6, 6.07) is 5.11. The average Bonchev–Trinajstić information content (AvgIpc) is 2.17. The summed E-state index contributed by atoms with van der Waals surface area (Å²) in [5, 5.41) is 9.98. The quantitative estimate of drug-likeness (QED) is 0.757. The largest absolute Gasteiger partial charge is 0.497 e. The molecule has 0 amide bonds. The molecule has 0 saturated heterocycles. The lowest BCUT2D eigenvalue weighted by molar-refractivity contribution is 0.228. The van der Waals surface area contributed by atoms with Gasteiger partial charge in [-0.25, -0.2) is 0 Å². The van der Waals surface area contributed by atoms with E-state index in [2.05, 4.69) is 6.58 Å². The van der Waals surface area contributed by atoms with Gasteiger partial charge in [0.05, 0.1) is 13.2 Å². The molecule has 13 heavy (non-hydrogen) atoms. The van der Waals surface area contributed by atoms with Crippen molar-refractivity contribution in [2.45, 2.75) is 6.10 Å². The maximum Gasteiger partial charge on any atom is 0.119 e. The molecular weight excluding hydrogens is 188 g/mol. The van der Waals surface area contributed by atoms with Gasteiger partial charge in [-0.2, -0.15) is 0 Å². The van der Waals surface area contributed by atoms with E-state index >= 15 is 0 Å². The summed E-state index contributed by atoms with van der Waals surface area (Å²) in [6.45, 7) is 3.48. The predicted octanol–water partition coefficient (Wildman–Crippen LogP) is 2.57. The monoisotopic (exact) mass is 198 g/mol. The molecule has 0 aliphatic carbocycles. The molecule has 3 heteroatoms. The fraction of sp³-hybridized carbons (Fsp3) is 0.200. The van der Waals surface area contributed by atoms with E-state index in [-0.39, 0.29) is 0 Å². The highest BCUT2D eigenvalue weighted by atomic mass is 35.5. The molecule has 0 aliphatic heterocycles. The number of halogens is 1. The zero-order valence-electron chi connectivity index (χ0n) is 7.33. The molecule has 1 rings (SSSR count). The van der Waals surface area contributed by atoms with Crippen LogP contribution in [0.4, 0.5) is 0 Å². The Morgan fingerprint density at radius 1 is 1.62 bits per heavy atom. The normalized spacial score (nSPS) is 12.2. The van der Waals surface area contributed by atoms with Gasteiger partial charge >= 0.3 is 0 Å². The first-order chi connectivity index (χ1) is 6.19. The van der Waals surface area contributed by atoms with Crippen molar-refractivity contribution in [2.24, 2.45) is 0 Å². The summed E-state index contributed by atoms with van der Waals surface area (Å²) in [5.74, 6) is 0.667. The van der Waals surface area contributed by atoms with E-state index in [1.54, 1.807) is 25.3 Å². The third-order valence-corrected chi connectivity index (χ3v) is 2.09. The fourth-order valence-electron chi connectivity index (χ4n) is 1.00. The van der Waals surface area contributed by atoms with Crippen LogP contribution in [0.15, 0.2) is 30.9 Å². The van der Waals surface area contributed by atoms with Gasteiger partial charge in [-0.3, -0.25) is 0 Å². The fourth-order valence-corrected chi connectivity index (χ4v) is 1.23. The molecular formula is C10H11ClO2. The minimum atomic E-state index is -0.748. The molecule has 2 nitrogen and oxygen atoms in total. The molecule has 1 unspecified atom stereocenters. The van der Waals surface area contributed by atoms with Crippen LogP contribution >= 0.6 is 11.6 Å². The second-order valence-electron chi connectivity index (χ2n) is 2.57. The number of aliphatic hydroxyl groups is 1. The minimum Gasteiger partial charge on any atom is -0.497 e. The van der Waals surface area contributed by atoms with E-state index in [1.807, 2.05) is 0 Å². The minimum absolute atomic E-state index is 0.508. The van der Waals surface area contributed by atoms with Crippen molar-refractivity contribution >= 4 is 11.6 Å². The zero-order chi connectivity index (χ0) is 9.84. The van der Waals surface area contributed by atoms with Gasteiger partial charge in [0.15, 0.2) is 0 Å². The van der Waals surface area contributed by atoms with Crippen molar-refractivity contribution in [3.63, 3.8) is 0 Å². The van der Waals surface area contributed by atoms with Crippen molar-refractivity contribution in [3.8, 4) is 5.75 Å². The van der Waals surface area contributed by atoms with Gasteiger partial charge in [0.2, 0.25) is 0 Å². The van der Waals surface area contributed by atoms with Gasteiger partial charge < -0.3 is 9.84 Å². The Balaban J connectivity index is 3.10. The summed E-state index contributed by atoms with van der Waals surface area (Å²) in [5.41, 5.74) is 0.607. The second-order valence-corrected chi connectivity index (χ2v) is 2.98. The number of hydrogen-bond donors (Lipinski definition) is 1. The maximum absolute atomic E-state index is 9.47. The molecule has 0 spiro atoms. The molecule has 0 aliphatic rings. The summed E-state index contributed by atoms with van der Waals surface area (Å²) in [7, 11) is 1.56. The smallest absolute Gasteiger partial charge is 0.119 e. The zero-order valence-corrected chi connectivity index (χ0v) is 8.08. The lowest BCUT2D eigenvalue weighted by atomic mass is 10.1. The number of methoxy groups -OCH3 is 1. The topological polar surface area (TPSA) is 29.5 Å². The van der Waals surface area contributed by atoms with Crippen LogP contribution in [0.25, 0.3) is 0 Å². The number of benzene rings is 1. The van der Waals surface area contributed by atoms with Crippen LogP contribution in [0, 0.1) is 0 Å². The van der Waals surface area contributed by atoms with Crippen LogP contribution in [0.3, 0.4) is 0 Å². The number of ether oxygens (including phenoxy) is 1. The number of hydrogen-bond acceptors (Lipinski definition) is 2. The van der Waals surface area contributed by atoms with Crippen molar-refractivity contribution in [1.82, 2.24) is 0 Å². The van der Waals surface area contributed by atoms with Gasteiger partial charge in [0.1, 0.15) is 5.75 Å². The van der Waals surface area contributed by atoms with Gasteiger partial charge in [-0.1, -0.05) is 17.7 Å². The van der Waals surface area contributed by atoms with Crippen LogP contribution in [-0.2, 0) is 0 Å². The molecule has 1 aromatic carbocycles. The van der Waals surface area contributed by atoms with Crippen molar-refractivity contribution in [1.29, 1.82) is 0 Å². The van der Waals surface area contributed by atoms with E-state index in [0.717, 1.165) is 0 Å². The number of rotatable bonds is 3. The van der Waals surface area contributed by atoms with E-state index < -0.39 is 6.10 Å². The van der Waals surface area contributed by atoms with E-state index in [4.69, 9.17) is 16.3 Å². The SMILES string of the molecule is C=CC(O)c1cc(OC)ccc1Cl. The Labute approximate surface area is 82.4 Å². The van der Waals surface area contributed by atoms with Crippen molar-refractivity contribution < 1.29 is 9.84 Å². The molecule has 0 heterocycles. The summed E-state index contributed by atoms with van der Waals surface area (Å²) in [4.78, 5) is 0. The van der Waals surface area contributed by atoms with Gasteiger partial charge in [0.25, 0.3) is 0 Å². The highest BCUT2D eigenvalue weighted by molar-refractivity contribution is 6.31. The predicted molar refractivity (Wildman–Crippen MR) is 53.2 cm³/mol. The summed E-state index contributed by atoms with van der Waals surface area (Å²) in [6.07, 6.45) is 0.670. The van der Waals surface area contributed by atoms with Gasteiger partial charge in [-0.05, 0) is 18.2 Å². The second kappa shape index (κ2) is 4.30. The molecule has 70 valence electrons. The lowest BCUT2D eigenvalue weighted by Crippen LogP contribution is -1.94. The molecule has 1 aromatic rings. The first-order valence-corrected chi connectivity index (χ1v) is 4.21. The average molecular weight is 199 g/mol. The Bertz CT molecular complexity index is 310. The Morgan fingerprint density at radius 2 is 2.31 bits per heavy atom. The Morgan fingerprint density at radius 3 is 2.85 bits per heavy atom. The first kappa shape index (κ1) is 10.1. The standard InChI is InChI=1S/C10H11ClO2/c1-3-10(12)8-6-7(13-2)4-5-9(8)11/h3-6,10,12H,1H2,2H3. The van der Waals surface area contributed by atoms with E-state index in [1.165, 1.54) is 6.08 Å². The molecule has 0 radical (unpaired) electrons. The molecule has 0 bridgehead atoms. The molecule has 1 atom stereocenters. The van der Waals surface area contributed by atoms with Crippen LogP contribution in [0.5, 0.6) is 5.75 Å². The van der Waals surface area contributed by atoms with E-state index in [0.29, 0.717) is 16.3 Å². The van der Waals surface area contributed by atoms with Gasteiger partial charge in [0, 0.05) is 10.6 Å². The van der Waals surface area contributed by atoms with E-state index in [9.17, 15) is 5.11 Å². The third-order valence-electron chi connectivity index (χ3n) is 1.75. The molecule has 0 aromatic heterocycles. The third kappa shape index (κ3) is 2.23. The van der Waals surface area contributed by atoms with Crippen molar-refractivity contribution in [3.05, 3.63) is 41.4 Å². The highest BCUT2D eigenvalue weighted by Gasteiger charge is 2.08. The maximum atomic E-state index is 9.47. The Kier molecular flexibility index (Phi) is 3.34. The van der Waals surface area contributed by atoms with Crippen LogP contribution < -0.4 is 4.74 Å². The Hall–Kier alpha value is -0.990. The van der Waals surface area contributed by atoms with Crippen LogP contribution in [-0.4, -0.2) is 12.2 Å². The highest BCUT2D eigenvalue weighted by Crippen LogP contribution is 2.27. The molecule has 1 N–H and O–H groups in total. The van der Waals surface area contributed by atoms with Crippen molar-refractivity contribution in [2.75, 3.05) is 7.11 Å². The summed E-state index contributed by atoms with van der Waals surface area (Å²) >= 11 is 5.86. The van der Waals surface area contributed by atoms with Crippen LogP contribution in [0.1, 0.15) is 11.7 Å². The lowest BCUT2D eigenvalue weighted by Gasteiger charge is -2.09. The molecule has 0 saturated carbocycles.